The van der Waals surface area contributed by atoms with Crippen molar-refractivity contribution in [2.45, 2.75) is 44.8 Å². The van der Waals surface area contributed by atoms with Crippen LogP contribution in [0.25, 0.3) is 22.0 Å². The van der Waals surface area contributed by atoms with E-state index in [1.807, 2.05) is 47.5 Å². The number of benzene rings is 1. The maximum atomic E-state index is 13.1. The van der Waals surface area contributed by atoms with E-state index in [4.69, 9.17) is 0 Å². The van der Waals surface area contributed by atoms with Crippen LogP contribution >= 0.6 is 0 Å². The Hall–Kier alpha value is -3.06. The largest absolute Gasteiger partial charge is 0.393 e. The molecule has 7 heteroatoms. The molecule has 166 valence electrons. The number of carbonyl (C=O) groups is 1. The van der Waals surface area contributed by atoms with Crippen molar-refractivity contribution in [2.75, 3.05) is 24.5 Å². The molecule has 32 heavy (non-hydrogen) atoms. The van der Waals surface area contributed by atoms with Crippen LogP contribution in [0.15, 0.2) is 48.8 Å². The first-order valence-corrected chi connectivity index (χ1v) is 11.5. The summed E-state index contributed by atoms with van der Waals surface area (Å²) in [5.41, 5.74) is 1.89. The minimum Gasteiger partial charge on any atom is -0.393 e. The summed E-state index contributed by atoms with van der Waals surface area (Å²) in [5, 5.41) is 21.0. The second-order valence-electron chi connectivity index (χ2n) is 8.99. The zero-order chi connectivity index (χ0) is 22.1. The van der Waals surface area contributed by atoms with E-state index in [9.17, 15) is 9.90 Å². The van der Waals surface area contributed by atoms with Gasteiger partial charge >= 0.3 is 0 Å². The highest BCUT2D eigenvalue weighted by molar-refractivity contribution is 5.99. The van der Waals surface area contributed by atoms with Gasteiger partial charge in [0.2, 0.25) is 5.91 Å². The van der Waals surface area contributed by atoms with Gasteiger partial charge in [0.15, 0.2) is 5.82 Å². The van der Waals surface area contributed by atoms with E-state index in [1.165, 1.54) is 0 Å². The number of aliphatic hydroxyl groups is 1. The maximum absolute atomic E-state index is 13.1. The molecule has 0 unspecified atom stereocenters. The van der Waals surface area contributed by atoms with Crippen molar-refractivity contribution < 1.29 is 9.90 Å². The highest BCUT2D eigenvalue weighted by atomic mass is 16.3. The van der Waals surface area contributed by atoms with E-state index >= 15 is 0 Å². The smallest absolute Gasteiger partial charge is 0.225 e. The number of fused-ring (bicyclic) bond motifs is 1. The molecule has 0 bridgehead atoms. The first-order chi connectivity index (χ1) is 15.6. The van der Waals surface area contributed by atoms with E-state index in [0.717, 1.165) is 53.5 Å². The molecule has 1 aliphatic carbocycles. The molecule has 1 saturated heterocycles. The number of aromatic nitrogens is 3. The molecular formula is C25H29N5O2. The molecule has 5 rings (SSSR count). The lowest BCUT2D eigenvalue weighted by Gasteiger charge is -2.42. The predicted octanol–water partition coefficient (Wildman–Crippen LogP) is 3.28. The Balaban J connectivity index is 1.38. The quantitative estimate of drug-likeness (QED) is 0.685. The Morgan fingerprint density at radius 1 is 1.00 bits per heavy atom. The van der Waals surface area contributed by atoms with Crippen LogP contribution in [-0.2, 0) is 4.79 Å². The molecule has 3 heterocycles. The summed E-state index contributed by atoms with van der Waals surface area (Å²) in [6.07, 6.45) is 6.45. The van der Waals surface area contributed by atoms with E-state index < -0.39 is 0 Å². The summed E-state index contributed by atoms with van der Waals surface area (Å²) in [5.74, 6) is 1.11. The van der Waals surface area contributed by atoms with Gasteiger partial charge in [-0.25, -0.2) is 0 Å². The second-order valence-corrected chi connectivity index (χ2v) is 8.99. The zero-order valence-electron chi connectivity index (χ0n) is 18.4. The summed E-state index contributed by atoms with van der Waals surface area (Å²) in [4.78, 5) is 21.7. The van der Waals surface area contributed by atoms with Crippen molar-refractivity contribution >= 4 is 22.5 Å². The number of amides is 1. The standard InChI is InChI=1S/C25H29N5O2/c1-17-16-29(25(32)19-7-9-20(31)10-8-19)13-14-30(17)24-22-15-26-12-11-21(22)23(27-28-24)18-5-3-2-4-6-18/h2-6,11-12,15,17,19-20,31H,7-10,13-14,16H2,1H3/t17-,19-,20-/m1/s1. The Morgan fingerprint density at radius 3 is 2.53 bits per heavy atom. The monoisotopic (exact) mass is 431 g/mol. The van der Waals surface area contributed by atoms with Crippen molar-refractivity contribution in [2.24, 2.45) is 5.92 Å². The molecule has 2 aliphatic rings. The summed E-state index contributed by atoms with van der Waals surface area (Å²) < 4.78 is 0. The maximum Gasteiger partial charge on any atom is 0.225 e. The van der Waals surface area contributed by atoms with Crippen molar-refractivity contribution in [1.82, 2.24) is 20.1 Å². The second kappa shape index (κ2) is 8.82. The van der Waals surface area contributed by atoms with Gasteiger partial charge in [-0.15, -0.1) is 10.2 Å². The number of nitrogens with zero attached hydrogens (tertiary/aromatic N) is 5. The number of pyridine rings is 1. The highest BCUT2D eigenvalue weighted by Crippen LogP contribution is 2.33. The third-order valence-corrected chi connectivity index (χ3v) is 6.87. The highest BCUT2D eigenvalue weighted by Gasteiger charge is 2.34. The summed E-state index contributed by atoms with van der Waals surface area (Å²) >= 11 is 0. The summed E-state index contributed by atoms with van der Waals surface area (Å²) in [6.45, 7) is 4.19. The fourth-order valence-corrected chi connectivity index (χ4v) is 5.06. The first kappa shape index (κ1) is 20.8. The zero-order valence-corrected chi connectivity index (χ0v) is 18.4. The molecule has 1 N–H and O–H groups in total. The minimum atomic E-state index is -0.242. The molecule has 2 fully saturated rings. The molecule has 2 aromatic heterocycles. The van der Waals surface area contributed by atoms with Gasteiger partial charge in [0.25, 0.3) is 0 Å². The molecule has 1 aromatic carbocycles. The molecule has 1 atom stereocenters. The lowest BCUT2D eigenvalue weighted by Crippen LogP contribution is -2.55. The molecule has 7 nitrogen and oxygen atoms in total. The predicted molar refractivity (Wildman–Crippen MR) is 124 cm³/mol. The lowest BCUT2D eigenvalue weighted by molar-refractivity contribution is -0.138. The van der Waals surface area contributed by atoms with E-state index in [0.29, 0.717) is 19.6 Å². The van der Waals surface area contributed by atoms with Gasteiger partial charge in [-0.3, -0.25) is 9.78 Å². The van der Waals surface area contributed by atoms with Crippen molar-refractivity contribution in [3.8, 4) is 11.3 Å². The number of piperazine rings is 1. The number of anilines is 1. The van der Waals surface area contributed by atoms with Crippen LogP contribution in [0, 0.1) is 5.92 Å². The fraction of sp³-hybridized carbons (Fsp3) is 0.440. The van der Waals surface area contributed by atoms with Crippen LogP contribution in [-0.4, -0.2) is 62.9 Å². The van der Waals surface area contributed by atoms with E-state index in [-0.39, 0.29) is 24.0 Å². The number of rotatable bonds is 3. The van der Waals surface area contributed by atoms with E-state index in [1.54, 1.807) is 6.20 Å². The van der Waals surface area contributed by atoms with Gasteiger partial charge in [-0.05, 0) is 38.7 Å². The molecule has 1 aliphatic heterocycles. The normalized spacial score (nSPS) is 24.0. The number of hydrogen-bond acceptors (Lipinski definition) is 6. The number of aliphatic hydroxyl groups excluding tert-OH is 1. The topological polar surface area (TPSA) is 82.5 Å². The first-order valence-electron chi connectivity index (χ1n) is 11.5. The Kier molecular flexibility index (Phi) is 5.74. The third kappa shape index (κ3) is 3.93. The van der Waals surface area contributed by atoms with Crippen molar-refractivity contribution in [3.63, 3.8) is 0 Å². The van der Waals surface area contributed by atoms with Gasteiger partial charge < -0.3 is 14.9 Å². The summed E-state index contributed by atoms with van der Waals surface area (Å²) in [7, 11) is 0. The number of hydrogen-bond donors (Lipinski definition) is 1. The van der Waals surface area contributed by atoms with Crippen LogP contribution in [0.4, 0.5) is 5.82 Å². The molecular weight excluding hydrogens is 402 g/mol. The molecule has 0 spiro atoms. The summed E-state index contributed by atoms with van der Waals surface area (Å²) in [6, 6.07) is 12.2. The lowest BCUT2D eigenvalue weighted by atomic mass is 9.86. The van der Waals surface area contributed by atoms with Gasteiger partial charge in [0.05, 0.1) is 6.10 Å². The van der Waals surface area contributed by atoms with Crippen LogP contribution in [0.1, 0.15) is 32.6 Å². The fourth-order valence-electron chi connectivity index (χ4n) is 5.06. The number of carbonyl (C=O) groups excluding carboxylic acids is 1. The van der Waals surface area contributed by atoms with E-state index in [2.05, 4.69) is 27.0 Å². The Morgan fingerprint density at radius 2 is 1.78 bits per heavy atom. The third-order valence-electron chi connectivity index (χ3n) is 6.87. The van der Waals surface area contributed by atoms with Gasteiger partial charge in [-0.2, -0.15) is 0 Å². The van der Waals surface area contributed by atoms with Crippen LogP contribution in [0.5, 0.6) is 0 Å². The Bertz CT molecular complexity index is 1100. The average molecular weight is 432 g/mol. The molecule has 3 aromatic rings. The van der Waals surface area contributed by atoms with Crippen LogP contribution in [0.3, 0.4) is 0 Å². The van der Waals surface area contributed by atoms with Crippen LogP contribution in [0.2, 0.25) is 0 Å². The average Bonchev–Trinajstić information content (AvgIpc) is 2.84. The molecule has 1 saturated carbocycles. The van der Waals surface area contributed by atoms with Crippen LogP contribution < -0.4 is 4.90 Å². The van der Waals surface area contributed by atoms with Gasteiger partial charge in [0.1, 0.15) is 5.69 Å². The SMILES string of the molecule is C[C@@H]1CN(C(=O)[C@H]2CC[C@H](O)CC2)CCN1c1nnc(-c2ccccc2)c2ccncc12. The van der Waals surface area contributed by atoms with Gasteiger partial charge in [0, 0.05) is 60.3 Å². The Labute approximate surface area is 188 Å². The van der Waals surface area contributed by atoms with Crippen molar-refractivity contribution in [1.29, 1.82) is 0 Å². The molecule has 0 radical (unpaired) electrons. The van der Waals surface area contributed by atoms with Gasteiger partial charge in [-0.1, -0.05) is 30.3 Å². The minimum absolute atomic E-state index is 0.0483. The molecule has 1 amide bonds. The van der Waals surface area contributed by atoms with Crippen molar-refractivity contribution in [3.05, 3.63) is 48.8 Å².